The van der Waals surface area contributed by atoms with Gasteiger partial charge in [-0.1, -0.05) is 0 Å². The van der Waals surface area contributed by atoms with E-state index in [2.05, 4.69) is 4.98 Å². The normalized spacial score (nSPS) is 10.2. The lowest BCUT2D eigenvalue weighted by Crippen LogP contribution is -1.95. The molecule has 4 heteroatoms. The first-order valence-corrected chi connectivity index (χ1v) is 5.65. The van der Waals surface area contributed by atoms with Crippen LogP contribution in [0.15, 0.2) is 30.5 Å². The molecule has 0 atom stereocenters. The third kappa shape index (κ3) is 2.53. The summed E-state index contributed by atoms with van der Waals surface area (Å²) in [6, 6.07) is 7.39. The minimum Gasteiger partial charge on any atom is -0.495 e. The molecule has 0 spiro atoms. The summed E-state index contributed by atoms with van der Waals surface area (Å²) in [4.78, 5) is 4.16. The zero-order chi connectivity index (χ0) is 13.1. The Balaban J connectivity index is 2.25. The van der Waals surface area contributed by atoms with Gasteiger partial charge in [0.2, 0.25) is 5.88 Å². The number of hydrogen-bond donors (Lipinski definition) is 1. The molecule has 1 aromatic carbocycles. The maximum absolute atomic E-state index is 5.83. The number of nitrogen functional groups attached to an aromatic ring is 1. The predicted octanol–water partition coefficient (Wildman–Crippen LogP) is 3.08. The fraction of sp³-hybridized carbons (Fsp3) is 0.214. The summed E-state index contributed by atoms with van der Waals surface area (Å²) in [6.45, 7) is 3.90. The molecule has 0 bridgehead atoms. The minimum absolute atomic E-state index is 0.531. The Kier molecular flexibility index (Phi) is 3.37. The molecular formula is C14H16N2O2. The summed E-state index contributed by atoms with van der Waals surface area (Å²) in [6.07, 6.45) is 1.62. The van der Waals surface area contributed by atoms with Gasteiger partial charge in [0.05, 0.1) is 13.3 Å². The average molecular weight is 244 g/mol. The van der Waals surface area contributed by atoms with Gasteiger partial charge in [0.1, 0.15) is 11.5 Å². The SMILES string of the molecule is COc1ccc(Oc2cc(C)c(N)cc2C)nc1. The van der Waals surface area contributed by atoms with E-state index in [9.17, 15) is 0 Å². The van der Waals surface area contributed by atoms with Crippen LogP contribution in [-0.2, 0) is 0 Å². The molecule has 0 aliphatic rings. The van der Waals surface area contributed by atoms with E-state index < -0.39 is 0 Å². The Bertz CT molecular complexity index is 550. The van der Waals surface area contributed by atoms with Gasteiger partial charge in [-0.2, -0.15) is 0 Å². The highest BCUT2D eigenvalue weighted by Gasteiger charge is 2.05. The second-order valence-electron chi connectivity index (χ2n) is 4.11. The fourth-order valence-corrected chi connectivity index (χ4v) is 1.58. The van der Waals surface area contributed by atoms with E-state index in [4.69, 9.17) is 15.2 Å². The van der Waals surface area contributed by atoms with Crippen LogP contribution >= 0.6 is 0 Å². The predicted molar refractivity (Wildman–Crippen MR) is 71.2 cm³/mol. The number of nitrogens with two attached hydrogens (primary N) is 1. The zero-order valence-corrected chi connectivity index (χ0v) is 10.7. The van der Waals surface area contributed by atoms with Crippen molar-refractivity contribution in [2.45, 2.75) is 13.8 Å². The minimum atomic E-state index is 0.531. The summed E-state index contributed by atoms with van der Waals surface area (Å²) in [5.74, 6) is 2.00. The maximum Gasteiger partial charge on any atom is 0.219 e. The van der Waals surface area contributed by atoms with Gasteiger partial charge in [0.15, 0.2) is 0 Å². The molecule has 0 unspecified atom stereocenters. The summed E-state index contributed by atoms with van der Waals surface area (Å²) in [5, 5.41) is 0. The standard InChI is InChI=1S/C14H16N2O2/c1-9-7-13(10(2)6-12(9)15)18-14-5-4-11(17-3)8-16-14/h4-8H,15H2,1-3H3. The van der Waals surface area contributed by atoms with Crippen LogP contribution in [0.4, 0.5) is 5.69 Å². The van der Waals surface area contributed by atoms with Gasteiger partial charge in [-0.05, 0) is 43.2 Å². The largest absolute Gasteiger partial charge is 0.495 e. The van der Waals surface area contributed by atoms with Crippen LogP contribution in [0.3, 0.4) is 0 Å². The number of ether oxygens (including phenoxy) is 2. The van der Waals surface area contributed by atoms with Gasteiger partial charge >= 0.3 is 0 Å². The number of rotatable bonds is 3. The number of anilines is 1. The number of hydrogen-bond acceptors (Lipinski definition) is 4. The first-order valence-electron chi connectivity index (χ1n) is 5.65. The second-order valence-corrected chi connectivity index (χ2v) is 4.11. The highest BCUT2D eigenvalue weighted by molar-refractivity contribution is 5.54. The van der Waals surface area contributed by atoms with Gasteiger partial charge in [-0.3, -0.25) is 0 Å². The van der Waals surface area contributed by atoms with Gasteiger partial charge in [0, 0.05) is 11.8 Å². The maximum atomic E-state index is 5.83. The first-order chi connectivity index (χ1) is 8.60. The third-order valence-corrected chi connectivity index (χ3v) is 2.72. The fourth-order valence-electron chi connectivity index (χ4n) is 1.58. The van der Waals surface area contributed by atoms with Crippen molar-refractivity contribution < 1.29 is 9.47 Å². The van der Waals surface area contributed by atoms with E-state index in [0.29, 0.717) is 11.6 Å². The molecule has 2 aromatic rings. The second kappa shape index (κ2) is 4.96. The lowest BCUT2D eigenvalue weighted by Gasteiger charge is -2.10. The lowest BCUT2D eigenvalue weighted by molar-refractivity contribution is 0.407. The number of pyridine rings is 1. The Labute approximate surface area is 106 Å². The molecule has 0 radical (unpaired) electrons. The molecule has 0 aliphatic carbocycles. The van der Waals surface area contributed by atoms with Crippen molar-refractivity contribution in [3.63, 3.8) is 0 Å². The average Bonchev–Trinajstić information content (AvgIpc) is 2.37. The molecule has 0 aliphatic heterocycles. The summed E-state index contributed by atoms with van der Waals surface area (Å²) >= 11 is 0. The van der Waals surface area contributed by atoms with Gasteiger partial charge in [0.25, 0.3) is 0 Å². The molecule has 0 amide bonds. The van der Waals surface area contributed by atoms with E-state index in [-0.39, 0.29) is 0 Å². The van der Waals surface area contributed by atoms with Crippen molar-refractivity contribution in [2.24, 2.45) is 0 Å². The third-order valence-electron chi connectivity index (χ3n) is 2.72. The Hall–Kier alpha value is -2.23. The van der Waals surface area contributed by atoms with Gasteiger partial charge in [-0.25, -0.2) is 4.98 Å². The van der Waals surface area contributed by atoms with Crippen molar-refractivity contribution in [1.29, 1.82) is 0 Å². The Morgan fingerprint density at radius 1 is 1.11 bits per heavy atom. The topological polar surface area (TPSA) is 57.4 Å². The van der Waals surface area contributed by atoms with Crippen molar-refractivity contribution in [3.05, 3.63) is 41.6 Å². The van der Waals surface area contributed by atoms with E-state index in [0.717, 1.165) is 22.6 Å². The number of nitrogens with zero attached hydrogens (tertiary/aromatic N) is 1. The van der Waals surface area contributed by atoms with Crippen molar-refractivity contribution in [1.82, 2.24) is 4.98 Å². The van der Waals surface area contributed by atoms with Crippen LogP contribution in [-0.4, -0.2) is 12.1 Å². The van der Waals surface area contributed by atoms with Crippen LogP contribution in [0.1, 0.15) is 11.1 Å². The Morgan fingerprint density at radius 3 is 2.50 bits per heavy atom. The molecule has 4 nitrogen and oxygen atoms in total. The molecule has 18 heavy (non-hydrogen) atoms. The van der Waals surface area contributed by atoms with Gasteiger partial charge < -0.3 is 15.2 Å². The number of methoxy groups -OCH3 is 1. The first kappa shape index (κ1) is 12.2. The van der Waals surface area contributed by atoms with E-state index >= 15 is 0 Å². The van der Waals surface area contributed by atoms with Crippen LogP contribution in [0, 0.1) is 13.8 Å². The van der Waals surface area contributed by atoms with Crippen LogP contribution in [0.5, 0.6) is 17.4 Å². The zero-order valence-electron chi connectivity index (χ0n) is 10.7. The molecule has 0 saturated heterocycles. The monoisotopic (exact) mass is 244 g/mol. The molecule has 1 aromatic heterocycles. The molecule has 0 fully saturated rings. The Morgan fingerprint density at radius 2 is 1.89 bits per heavy atom. The smallest absolute Gasteiger partial charge is 0.219 e. The van der Waals surface area contributed by atoms with E-state index in [1.54, 1.807) is 19.4 Å². The van der Waals surface area contributed by atoms with Gasteiger partial charge in [-0.15, -0.1) is 0 Å². The van der Waals surface area contributed by atoms with Crippen molar-refractivity contribution in [2.75, 3.05) is 12.8 Å². The molecule has 1 heterocycles. The molecule has 2 rings (SSSR count). The number of aromatic nitrogens is 1. The number of aryl methyl sites for hydroxylation is 2. The molecule has 94 valence electrons. The van der Waals surface area contributed by atoms with Crippen LogP contribution in [0.2, 0.25) is 0 Å². The highest BCUT2D eigenvalue weighted by Crippen LogP contribution is 2.28. The number of benzene rings is 1. The molecule has 0 saturated carbocycles. The van der Waals surface area contributed by atoms with E-state index in [1.165, 1.54) is 0 Å². The quantitative estimate of drug-likeness (QED) is 0.843. The lowest BCUT2D eigenvalue weighted by atomic mass is 10.1. The highest BCUT2D eigenvalue weighted by atomic mass is 16.5. The van der Waals surface area contributed by atoms with Crippen molar-refractivity contribution >= 4 is 5.69 Å². The van der Waals surface area contributed by atoms with Crippen molar-refractivity contribution in [3.8, 4) is 17.4 Å². The summed E-state index contributed by atoms with van der Waals surface area (Å²) in [5.41, 5.74) is 8.57. The summed E-state index contributed by atoms with van der Waals surface area (Å²) in [7, 11) is 1.60. The van der Waals surface area contributed by atoms with E-state index in [1.807, 2.05) is 32.0 Å². The van der Waals surface area contributed by atoms with Crippen LogP contribution in [0.25, 0.3) is 0 Å². The van der Waals surface area contributed by atoms with Crippen LogP contribution < -0.4 is 15.2 Å². The molecular weight excluding hydrogens is 228 g/mol. The molecule has 2 N–H and O–H groups in total. The summed E-state index contributed by atoms with van der Waals surface area (Å²) < 4.78 is 10.8.